The van der Waals surface area contributed by atoms with Gasteiger partial charge >= 0.3 is 6.18 Å². The molecule has 6 heteroatoms. The molecule has 0 amide bonds. The molecule has 1 aliphatic carbocycles. The number of fused-ring (bicyclic) bond motifs is 1. The standard InChI is InChI=1S/C14H13F3N2S/c15-14(16,17)13-18-11-8-4-3-7-10(11)12(19-13)20-9-5-1-2-6-9/h3-4,7-9H,1-2,5-6H2. The number of hydrogen-bond donors (Lipinski definition) is 0. The number of benzene rings is 1. The van der Waals surface area contributed by atoms with Crippen LogP contribution in [-0.4, -0.2) is 15.2 Å². The van der Waals surface area contributed by atoms with E-state index in [1.807, 2.05) is 0 Å². The Morgan fingerprint density at radius 2 is 1.75 bits per heavy atom. The molecule has 1 aromatic heterocycles. The van der Waals surface area contributed by atoms with Gasteiger partial charge in [-0.1, -0.05) is 31.0 Å². The molecule has 1 saturated carbocycles. The summed E-state index contributed by atoms with van der Waals surface area (Å²) in [7, 11) is 0. The summed E-state index contributed by atoms with van der Waals surface area (Å²) >= 11 is 1.46. The highest BCUT2D eigenvalue weighted by Gasteiger charge is 2.35. The van der Waals surface area contributed by atoms with Gasteiger partial charge in [-0.25, -0.2) is 9.97 Å². The molecule has 0 radical (unpaired) electrons. The molecule has 0 spiro atoms. The minimum Gasteiger partial charge on any atom is -0.224 e. The highest BCUT2D eigenvalue weighted by molar-refractivity contribution is 8.00. The van der Waals surface area contributed by atoms with Crippen molar-refractivity contribution in [2.24, 2.45) is 0 Å². The Bertz CT molecular complexity index is 621. The fourth-order valence-corrected chi connectivity index (χ4v) is 3.75. The van der Waals surface area contributed by atoms with Crippen molar-refractivity contribution in [1.82, 2.24) is 9.97 Å². The SMILES string of the molecule is FC(F)(F)c1nc(SC2CCCC2)c2ccccc2n1. The van der Waals surface area contributed by atoms with Gasteiger partial charge in [0.05, 0.1) is 5.52 Å². The van der Waals surface area contributed by atoms with Crippen LogP contribution in [0.2, 0.25) is 0 Å². The normalized spacial score (nSPS) is 16.9. The van der Waals surface area contributed by atoms with E-state index in [0.717, 1.165) is 25.7 Å². The van der Waals surface area contributed by atoms with E-state index in [0.29, 0.717) is 21.2 Å². The fourth-order valence-electron chi connectivity index (χ4n) is 2.43. The zero-order valence-corrected chi connectivity index (χ0v) is 11.5. The molecule has 1 aliphatic rings. The van der Waals surface area contributed by atoms with Crippen molar-refractivity contribution in [3.63, 3.8) is 0 Å². The van der Waals surface area contributed by atoms with E-state index in [2.05, 4.69) is 9.97 Å². The Morgan fingerprint density at radius 3 is 2.45 bits per heavy atom. The number of hydrogen-bond acceptors (Lipinski definition) is 3. The van der Waals surface area contributed by atoms with Crippen molar-refractivity contribution in [3.05, 3.63) is 30.1 Å². The number of alkyl halides is 3. The molecule has 0 bridgehead atoms. The molecule has 1 fully saturated rings. The third-order valence-corrected chi connectivity index (χ3v) is 4.74. The molecular weight excluding hydrogens is 285 g/mol. The van der Waals surface area contributed by atoms with Crippen molar-refractivity contribution in [2.75, 3.05) is 0 Å². The maximum absolute atomic E-state index is 12.9. The monoisotopic (exact) mass is 298 g/mol. The highest BCUT2D eigenvalue weighted by atomic mass is 32.2. The van der Waals surface area contributed by atoms with Crippen molar-refractivity contribution in [2.45, 2.75) is 42.1 Å². The Labute approximate surface area is 118 Å². The smallest absolute Gasteiger partial charge is 0.224 e. The van der Waals surface area contributed by atoms with Crippen LogP contribution in [0.25, 0.3) is 10.9 Å². The van der Waals surface area contributed by atoms with Gasteiger partial charge in [0, 0.05) is 10.6 Å². The number of para-hydroxylation sites is 1. The first kappa shape index (κ1) is 13.7. The van der Waals surface area contributed by atoms with Crippen LogP contribution >= 0.6 is 11.8 Å². The van der Waals surface area contributed by atoms with Gasteiger partial charge in [-0.05, 0) is 18.9 Å². The first-order valence-electron chi connectivity index (χ1n) is 6.55. The van der Waals surface area contributed by atoms with Crippen LogP contribution < -0.4 is 0 Å². The highest BCUT2D eigenvalue weighted by Crippen LogP contribution is 2.38. The lowest BCUT2D eigenvalue weighted by molar-refractivity contribution is -0.145. The number of aromatic nitrogens is 2. The predicted octanol–water partition coefficient (Wildman–Crippen LogP) is 4.68. The Morgan fingerprint density at radius 1 is 1.05 bits per heavy atom. The van der Waals surface area contributed by atoms with Gasteiger partial charge in [-0.15, -0.1) is 11.8 Å². The van der Waals surface area contributed by atoms with Crippen molar-refractivity contribution in [1.29, 1.82) is 0 Å². The predicted molar refractivity (Wildman–Crippen MR) is 72.7 cm³/mol. The summed E-state index contributed by atoms with van der Waals surface area (Å²) in [6.45, 7) is 0. The van der Waals surface area contributed by atoms with Crippen molar-refractivity contribution in [3.8, 4) is 0 Å². The zero-order valence-electron chi connectivity index (χ0n) is 10.7. The lowest BCUT2D eigenvalue weighted by atomic mass is 10.2. The molecule has 0 saturated heterocycles. The van der Waals surface area contributed by atoms with E-state index in [9.17, 15) is 13.2 Å². The Hall–Kier alpha value is -1.30. The molecule has 2 nitrogen and oxygen atoms in total. The van der Waals surface area contributed by atoms with Crippen LogP contribution in [0.5, 0.6) is 0 Å². The second kappa shape index (κ2) is 5.24. The number of nitrogens with zero attached hydrogens (tertiary/aromatic N) is 2. The van der Waals surface area contributed by atoms with E-state index in [1.54, 1.807) is 24.3 Å². The average Bonchev–Trinajstić information content (AvgIpc) is 2.90. The third-order valence-electron chi connectivity index (χ3n) is 3.40. The molecule has 0 unspecified atom stereocenters. The Kier molecular flexibility index (Phi) is 3.58. The molecule has 1 heterocycles. The minimum atomic E-state index is -4.50. The molecular formula is C14H13F3N2S. The minimum absolute atomic E-state index is 0.357. The molecule has 0 aliphatic heterocycles. The lowest BCUT2D eigenvalue weighted by Crippen LogP contribution is -2.12. The summed E-state index contributed by atoms with van der Waals surface area (Å²) in [6.07, 6.45) is -0.122. The summed E-state index contributed by atoms with van der Waals surface area (Å²) in [6, 6.07) is 6.88. The molecule has 1 aromatic carbocycles. The maximum Gasteiger partial charge on any atom is 0.451 e. The molecule has 0 atom stereocenters. The van der Waals surface area contributed by atoms with Crippen LogP contribution in [0.1, 0.15) is 31.5 Å². The number of halogens is 3. The maximum atomic E-state index is 12.9. The first-order chi connectivity index (χ1) is 9.54. The van der Waals surface area contributed by atoms with E-state index in [-0.39, 0.29) is 0 Å². The van der Waals surface area contributed by atoms with Gasteiger partial charge in [-0.3, -0.25) is 0 Å². The quantitative estimate of drug-likeness (QED) is 0.753. The van der Waals surface area contributed by atoms with Crippen LogP contribution in [0.3, 0.4) is 0 Å². The molecule has 20 heavy (non-hydrogen) atoms. The van der Waals surface area contributed by atoms with Crippen LogP contribution in [0.15, 0.2) is 29.3 Å². The number of thioether (sulfide) groups is 1. The van der Waals surface area contributed by atoms with Crippen LogP contribution in [-0.2, 0) is 6.18 Å². The van der Waals surface area contributed by atoms with Crippen LogP contribution in [0.4, 0.5) is 13.2 Å². The van der Waals surface area contributed by atoms with Gasteiger partial charge in [0.2, 0.25) is 5.82 Å². The van der Waals surface area contributed by atoms with E-state index in [1.165, 1.54) is 11.8 Å². The topological polar surface area (TPSA) is 25.8 Å². The molecule has 3 rings (SSSR count). The van der Waals surface area contributed by atoms with E-state index >= 15 is 0 Å². The average molecular weight is 298 g/mol. The summed E-state index contributed by atoms with van der Waals surface area (Å²) < 4.78 is 38.6. The summed E-state index contributed by atoms with van der Waals surface area (Å²) in [4.78, 5) is 7.39. The summed E-state index contributed by atoms with van der Waals surface area (Å²) in [5, 5.41) is 1.53. The molecule has 2 aromatic rings. The third kappa shape index (κ3) is 2.75. The van der Waals surface area contributed by atoms with Crippen molar-refractivity contribution >= 4 is 22.7 Å². The molecule has 0 N–H and O–H groups in total. The summed E-state index contributed by atoms with van der Waals surface area (Å²) in [5.74, 6) is -1.04. The van der Waals surface area contributed by atoms with Crippen LogP contribution in [0, 0.1) is 0 Å². The van der Waals surface area contributed by atoms with Gasteiger partial charge in [0.15, 0.2) is 0 Å². The number of rotatable bonds is 2. The zero-order chi connectivity index (χ0) is 14.2. The van der Waals surface area contributed by atoms with E-state index in [4.69, 9.17) is 0 Å². The van der Waals surface area contributed by atoms with Gasteiger partial charge in [0.1, 0.15) is 5.03 Å². The van der Waals surface area contributed by atoms with E-state index < -0.39 is 12.0 Å². The van der Waals surface area contributed by atoms with Gasteiger partial charge < -0.3 is 0 Å². The van der Waals surface area contributed by atoms with Gasteiger partial charge in [-0.2, -0.15) is 13.2 Å². The second-order valence-corrected chi connectivity index (χ2v) is 6.18. The molecule has 106 valence electrons. The largest absolute Gasteiger partial charge is 0.451 e. The van der Waals surface area contributed by atoms with Gasteiger partial charge in [0.25, 0.3) is 0 Å². The second-order valence-electron chi connectivity index (χ2n) is 4.89. The first-order valence-corrected chi connectivity index (χ1v) is 7.42. The Balaban J connectivity index is 2.07. The lowest BCUT2D eigenvalue weighted by Gasteiger charge is -2.13. The van der Waals surface area contributed by atoms with Crippen molar-refractivity contribution < 1.29 is 13.2 Å². The summed E-state index contributed by atoms with van der Waals surface area (Å²) in [5.41, 5.74) is 0.357. The fraction of sp³-hybridized carbons (Fsp3) is 0.429.